The number of benzene rings is 3. The minimum atomic E-state index is -1.05. The highest BCUT2D eigenvalue weighted by Crippen LogP contribution is 2.66. The Kier molecular flexibility index (Phi) is 3.86. The van der Waals surface area contributed by atoms with E-state index in [-0.39, 0.29) is 23.4 Å². The molecule has 1 fully saturated rings. The van der Waals surface area contributed by atoms with Gasteiger partial charge in [-0.05, 0) is 34.4 Å². The summed E-state index contributed by atoms with van der Waals surface area (Å²) in [6.45, 7) is 0. The highest BCUT2D eigenvalue weighted by molar-refractivity contribution is 9.09. The molecule has 1 saturated heterocycles. The molecule has 2 bridgehead atoms. The molecule has 0 radical (unpaired) electrons. The van der Waals surface area contributed by atoms with Gasteiger partial charge in [0.25, 0.3) is 0 Å². The molecule has 31 heavy (non-hydrogen) atoms. The van der Waals surface area contributed by atoms with Crippen LogP contribution in [0.25, 0.3) is 0 Å². The highest BCUT2D eigenvalue weighted by atomic mass is 79.9. The molecule has 2 N–H and O–H groups in total. The number of rotatable bonds is 2. The number of hydrogen-bond acceptors (Lipinski definition) is 4. The molecular formula is C24H17BrN2O4. The second-order valence-corrected chi connectivity index (χ2v) is 9.48. The van der Waals surface area contributed by atoms with Gasteiger partial charge in [0.05, 0.1) is 21.8 Å². The van der Waals surface area contributed by atoms with Gasteiger partial charge >= 0.3 is 0 Å². The minimum absolute atomic E-state index is 0.108. The summed E-state index contributed by atoms with van der Waals surface area (Å²) in [5.74, 6) is -1.79. The Morgan fingerprint density at radius 1 is 0.871 bits per heavy atom. The Labute approximate surface area is 186 Å². The molecule has 154 valence electrons. The van der Waals surface area contributed by atoms with Crippen LogP contribution in [0.5, 0.6) is 0 Å². The van der Waals surface area contributed by atoms with E-state index in [0.29, 0.717) is 5.69 Å². The second kappa shape index (κ2) is 6.34. The van der Waals surface area contributed by atoms with Crippen molar-refractivity contribution in [2.24, 2.45) is 11.8 Å². The third kappa shape index (κ3) is 2.26. The van der Waals surface area contributed by atoms with E-state index in [9.17, 15) is 20.0 Å². The summed E-state index contributed by atoms with van der Waals surface area (Å²) in [4.78, 5) is 28.7. The molecule has 3 aliphatic carbocycles. The molecule has 0 aromatic heterocycles. The number of quaternary nitrogens is 1. The Bertz CT molecular complexity index is 1210. The van der Waals surface area contributed by atoms with E-state index in [4.69, 9.17) is 0 Å². The third-order valence-corrected chi connectivity index (χ3v) is 8.23. The molecule has 4 aliphatic rings. The topological polar surface area (TPSA) is 85.1 Å². The summed E-state index contributed by atoms with van der Waals surface area (Å²) in [5, 5.41) is 19.3. The van der Waals surface area contributed by atoms with Crippen LogP contribution in [0.2, 0.25) is 0 Å². The Morgan fingerprint density at radius 3 is 1.97 bits per heavy atom. The molecule has 1 heterocycles. The van der Waals surface area contributed by atoms with Crippen molar-refractivity contribution in [2.75, 3.05) is 4.90 Å². The van der Waals surface area contributed by atoms with Crippen LogP contribution in [0.1, 0.15) is 28.2 Å². The van der Waals surface area contributed by atoms with Gasteiger partial charge < -0.3 is 5.21 Å². The summed E-state index contributed by atoms with van der Waals surface area (Å²) in [5.41, 5.74) is 4.72. The van der Waals surface area contributed by atoms with E-state index in [2.05, 4.69) is 15.9 Å². The Balaban J connectivity index is 1.55. The predicted molar refractivity (Wildman–Crippen MR) is 116 cm³/mol. The van der Waals surface area contributed by atoms with Crippen molar-refractivity contribution in [3.05, 3.63) is 100 Å². The SMILES string of the molecule is O=C1C2C3c4ccccc4C(Br)(c4ccccc43)C2C(=O)N1c1ccc([NH+]([O-])O)cc1. The lowest BCUT2D eigenvalue weighted by Gasteiger charge is -2.51. The van der Waals surface area contributed by atoms with E-state index in [0.717, 1.165) is 22.3 Å². The summed E-state index contributed by atoms with van der Waals surface area (Å²) in [6.07, 6.45) is 0. The van der Waals surface area contributed by atoms with Gasteiger partial charge in [-0.15, -0.1) is 0 Å². The predicted octanol–water partition coefficient (Wildman–Crippen LogP) is 2.99. The van der Waals surface area contributed by atoms with Crippen LogP contribution in [-0.4, -0.2) is 17.0 Å². The number of halogens is 1. The molecule has 7 rings (SSSR count). The average molecular weight is 477 g/mol. The molecule has 6 nitrogen and oxygen atoms in total. The lowest BCUT2D eigenvalue weighted by molar-refractivity contribution is -0.991. The number of anilines is 1. The smallest absolute Gasteiger partial charge is 0.239 e. The summed E-state index contributed by atoms with van der Waals surface area (Å²) in [6, 6.07) is 21.9. The fraction of sp³-hybridized carbons (Fsp3) is 0.167. The van der Waals surface area contributed by atoms with Crippen LogP contribution < -0.4 is 10.1 Å². The van der Waals surface area contributed by atoms with Crippen molar-refractivity contribution < 1.29 is 20.0 Å². The maximum Gasteiger partial charge on any atom is 0.239 e. The standard InChI is InChI=1S/C24H17BrN2O4/c25-24-17-7-3-1-5-15(17)19(16-6-2-4-8-18(16)24)20-21(24)23(29)26(22(20)28)13-9-11-14(12-10-13)27(30)31/h1-12,19-21,27,30H. The summed E-state index contributed by atoms with van der Waals surface area (Å²) < 4.78 is -0.790. The molecule has 3 unspecified atom stereocenters. The number of nitrogens with zero attached hydrogens (tertiary/aromatic N) is 1. The molecule has 0 spiro atoms. The van der Waals surface area contributed by atoms with E-state index in [1.54, 1.807) is 0 Å². The average Bonchev–Trinajstić information content (AvgIpc) is 3.06. The third-order valence-electron chi connectivity index (χ3n) is 6.89. The van der Waals surface area contributed by atoms with Crippen molar-refractivity contribution >= 4 is 39.1 Å². The lowest BCUT2D eigenvalue weighted by Crippen LogP contribution is -2.99. The van der Waals surface area contributed by atoms with Gasteiger partial charge in [0.2, 0.25) is 11.8 Å². The number of hydrogen-bond donors (Lipinski definition) is 2. The number of amides is 2. The first-order chi connectivity index (χ1) is 14.9. The highest BCUT2D eigenvalue weighted by Gasteiger charge is 2.67. The monoisotopic (exact) mass is 476 g/mol. The fourth-order valence-electron chi connectivity index (χ4n) is 5.69. The first-order valence-corrected chi connectivity index (χ1v) is 10.8. The van der Waals surface area contributed by atoms with E-state index >= 15 is 0 Å². The van der Waals surface area contributed by atoms with Crippen LogP contribution >= 0.6 is 15.9 Å². The van der Waals surface area contributed by atoms with Gasteiger partial charge in [-0.25, -0.2) is 10.1 Å². The minimum Gasteiger partial charge on any atom is -0.595 e. The van der Waals surface area contributed by atoms with E-state index < -0.39 is 21.4 Å². The second-order valence-electron chi connectivity index (χ2n) is 8.23. The first kappa shape index (κ1) is 18.9. The van der Waals surface area contributed by atoms with Crippen LogP contribution in [0.4, 0.5) is 11.4 Å². The maximum atomic E-state index is 13.7. The van der Waals surface area contributed by atoms with Gasteiger partial charge in [0, 0.05) is 18.1 Å². The Morgan fingerprint density at radius 2 is 1.42 bits per heavy atom. The van der Waals surface area contributed by atoms with Gasteiger partial charge in [0.1, 0.15) is 0 Å². The number of imide groups is 1. The van der Waals surface area contributed by atoms with Gasteiger partial charge in [-0.2, -0.15) is 5.23 Å². The summed E-state index contributed by atoms with van der Waals surface area (Å²) >= 11 is 3.96. The molecule has 1 aliphatic heterocycles. The zero-order valence-corrected chi connectivity index (χ0v) is 17.7. The molecule has 3 aromatic carbocycles. The number of alkyl halides is 1. The zero-order chi connectivity index (χ0) is 21.5. The molecule has 2 amide bonds. The zero-order valence-electron chi connectivity index (χ0n) is 16.2. The van der Waals surface area contributed by atoms with Crippen molar-refractivity contribution in [3.8, 4) is 0 Å². The Hall–Kier alpha value is -2.84. The van der Waals surface area contributed by atoms with Crippen molar-refractivity contribution in [1.82, 2.24) is 0 Å². The van der Waals surface area contributed by atoms with Gasteiger partial charge in [-0.1, -0.05) is 64.5 Å². The number of nitrogens with one attached hydrogen (secondary N) is 1. The first-order valence-electron chi connectivity index (χ1n) is 10.0. The molecule has 7 heteroatoms. The normalized spacial score (nSPS) is 28.9. The van der Waals surface area contributed by atoms with E-state index in [1.807, 2.05) is 48.5 Å². The van der Waals surface area contributed by atoms with Gasteiger partial charge in [0.15, 0.2) is 5.69 Å². The fourth-order valence-corrected chi connectivity index (χ4v) is 6.89. The number of carbonyl (C=O) groups is 2. The van der Waals surface area contributed by atoms with Crippen LogP contribution in [0.3, 0.4) is 0 Å². The van der Waals surface area contributed by atoms with Crippen LogP contribution in [-0.2, 0) is 13.9 Å². The van der Waals surface area contributed by atoms with Gasteiger partial charge in [-0.3, -0.25) is 9.59 Å². The summed E-state index contributed by atoms with van der Waals surface area (Å²) in [7, 11) is 0. The molecular weight excluding hydrogens is 460 g/mol. The quantitative estimate of drug-likeness (QED) is 0.338. The van der Waals surface area contributed by atoms with Crippen molar-refractivity contribution in [3.63, 3.8) is 0 Å². The maximum absolute atomic E-state index is 13.7. The molecule has 3 aromatic rings. The molecule has 0 saturated carbocycles. The van der Waals surface area contributed by atoms with E-state index in [1.165, 1.54) is 29.2 Å². The molecule has 3 atom stereocenters. The van der Waals surface area contributed by atoms with Crippen LogP contribution in [0.15, 0.2) is 72.8 Å². The largest absolute Gasteiger partial charge is 0.595 e. The number of carbonyl (C=O) groups excluding carboxylic acids is 2. The lowest BCUT2D eigenvalue weighted by atomic mass is 9.55. The van der Waals surface area contributed by atoms with Crippen molar-refractivity contribution in [1.29, 1.82) is 0 Å². The van der Waals surface area contributed by atoms with Crippen molar-refractivity contribution in [2.45, 2.75) is 10.2 Å². The van der Waals surface area contributed by atoms with Crippen LogP contribution in [0, 0.1) is 17.0 Å².